The van der Waals surface area contributed by atoms with E-state index in [1.807, 2.05) is 60.7 Å². The summed E-state index contributed by atoms with van der Waals surface area (Å²) in [6.07, 6.45) is 0. The second-order valence-corrected chi connectivity index (χ2v) is 6.66. The predicted molar refractivity (Wildman–Crippen MR) is 102 cm³/mol. The molecule has 0 bridgehead atoms. The molecule has 0 aliphatic carbocycles. The largest absolute Gasteiger partial charge is 0.481 e. The molecule has 2 rings (SSSR count). The minimum absolute atomic E-state index is 0.0530. The lowest BCUT2D eigenvalue weighted by Gasteiger charge is -2.31. The van der Waals surface area contributed by atoms with Gasteiger partial charge >= 0.3 is 5.97 Å². The number of nitrogens with zero attached hydrogens (tertiary/aromatic N) is 2. The number of amides is 1. The fourth-order valence-corrected chi connectivity index (χ4v) is 3.01. The molecule has 0 saturated carbocycles. The van der Waals surface area contributed by atoms with Crippen LogP contribution in [0.2, 0.25) is 0 Å². The molecule has 138 valence electrons. The van der Waals surface area contributed by atoms with Gasteiger partial charge in [0.2, 0.25) is 5.91 Å². The summed E-state index contributed by atoms with van der Waals surface area (Å²) in [5.41, 5.74) is 2.08. The van der Waals surface area contributed by atoms with Crippen molar-refractivity contribution in [2.24, 2.45) is 5.92 Å². The molecule has 1 N–H and O–H groups in total. The molecule has 26 heavy (non-hydrogen) atoms. The lowest BCUT2D eigenvalue weighted by Crippen LogP contribution is -2.41. The van der Waals surface area contributed by atoms with Gasteiger partial charge < -0.3 is 10.0 Å². The van der Waals surface area contributed by atoms with Crippen LogP contribution in [0.5, 0.6) is 0 Å². The van der Waals surface area contributed by atoms with E-state index in [1.54, 1.807) is 30.8 Å². The molecule has 0 aliphatic rings. The van der Waals surface area contributed by atoms with E-state index in [4.69, 9.17) is 5.11 Å². The number of benzene rings is 2. The van der Waals surface area contributed by atoms with E-state index in [1.165, 1.54) is 0 Å². The molecule has 0 fully saturated rings. The highest BCUT2D eigenvalue weighted by atomic mass is 16.4. The van der Waals surface area contributed by atoms with Crippen LogP contribution in [0.4, 0.5) is 0 Å². The Morgan fingerprint density at radius 1 is 0.923 bits per heavy atom. The van der Waals surface area contributed by atoms with Gasteiger partial charge in [-0.25, -0.2) is 0 Å². The Morgan fingerprint density at radius 2 is 1.38 bits per heavy atom. The summed E-state index contributed by atoms with van der Waals surface area (Å²) >= 11 is 0. The van der Waals surface area contributed by atoms with Gasteiger partial charge in [-0.3, -0.25) is 14.5 Å². The fraction of sp³-hybridized carbons (Fsp3) is 0.333. The summed E-state index contributed by atoms with van der Waals surface area (Å²) in [7, 11) is 3.56. The van der Waals surface area contributed by atoms with E-state index in [-0.39, 0.29) is 18.5 Å². The monoisotopic (exact) mass is 354 g/mol. The van der Waals surface area contributed by atoms with Crippen LogP contribution in [0, 0.1) is 5.92 Å². The van der Waals surface area contributed by atoms with Crippen molar-refractivity contribution in [1.82, 2.24) is 9.80 Å². The van der Waals surface area contributed by atoms with Crippen molar-refractivity contribution < 1.29 is 14.7 Å². The van der Waals surface area contributed by atoms with Crippen LogP contribution < -0.4 is 0 Å². The van der Waals surface area contributed by atoms with Crippen LogP contribution in [0.1, 0.15) is 24.1 Å². The van der Waals surface area contributed by atoms with Crippen LogP contribution in [0.3, 0.4) is 0 Å². The van der Waals surface area contributed by atoms with Gasteiger partial charge in [-0.05, 0) is 18.2 Å². The van der Waals surface area contributed by atoms with Crippen molar-refractivity contribution in [2.75, 3.05) is 27.2 Å². The smallest absolute Gasteiger partial charge is 0.307 e. The molecule has 0 aromatic heterocycles. The van der Waals surface area contributed by atoms with Crippen molar-refractivity contribution in [3.05, 3.63) is 71.8 Å². The summed E-state index contributed by atoms with van der Waals surface area (Å²) in [6, 6.07) is 19.6. The number of carbonyl (C=O) groups is 2. The van der Waals surface area contributed by atoms with Gasteiger partial charge in [0.05, 0.1) is 18.5 Å². The van der Waals surface area contributed by atoms with Gasteiger partial charge in [-0.1, -0.05) is 67.6 Å². The van der Waals surface area contributed by atoms with E-state index < -0.39 is 11.9 Å². The molecule has 5 nitrogen and oxygen atoms in total. The van der Waals surface area contributed by atoms with Crippen LogP contribution in [-0.4, -0.2) is 54.0 Å². The fourth-order valence-electron chi connectivity index (χ4n) is 3.01. The average molecular weight is 354 g/mol. The minimum atomic E-state index is -0.857. The van der Waals surface area contributed by atoms with Crippen LogP contribution in [0.15, 0.2) is 60.7 Å². The number of carbonyl (C=O) groups excluding carboxylic acids is 1. The first-order valence-electron chi connectivity index (χ1n) is 8.67. The van der Waals surface area contributed by atoms with Gasteiger partial charge in [0.15, 0.2) is 0 Å². The quantitative estimate of drug-likeness (QED) is 0.792. The van der Waals surface area contributed by atoms with Crippen LogP contribution in [-0.2, 0) is 9.59 Å². The Bertz CT molecular complexity index is 679. The first-order valence-corrected chi connectivity index (χ1v) is 8.67. The third kappa shape index (κ3) is 5.17. The zero-order valence-corrected chi connectivity index (χ0v) is 15.5. The lowest BCUT2D eigenvalue weighted by molar-refractivity contribution is -0.142. The summed E-state index contributed by atoms with van der Waals surface area (Å²) in [5, 5.41) is 9.04. The Balaban J connectivity index is 2.17. The summed E-state index contributed by atoms with van der Waals surface area (Å²) in [6.45, 7) is 2.14. The van der Waals surface area contributed by atoms with Crippen LogP contribution in [0.25, 0.3) is 0 Å². The van der Waals surface area contributed by atoms with Crippen molar-refractivity contribution in [1.29, 1.82) is 0 Å². The second kappa shape index (κ2) is 9.15. The molecule has 0 spiro atoms. The Hall–Kier alpha value is -2.66. The van der Waals surface area contributed by atoms with Crippen molar-refractivity contribution in [3.8, 4) is 0 Å². The van der Waals surface area contributed by atoms with Gasteiger partial charge in [0.1, 0.15) is 0 Å². The molecular weight excluding hydrogens is 328 g/mol. The normalized spacial score (nSPS) is 12.2. The molecule has 1 amide bonds. The highest BCUT2D eigenvalue weighted by Gasteiger charge is 2.24. The number of hydrogen-bond donors (Lipinski definition) is 1. The SMILES string of the molecule is CC(CN(C)CC(=O)N(C)C(c1ccccc1)c1ccccc1)C(=O)O. The maximum absolute atomic E-state index is 12.8. The Morgan fingerprint density at radius 3 is 1.81 bits per heavy atom. The highest BCUT2D eigenvalue weighted by molar-refractivity contribution is 5.79. The van der Waals surface area contributed by atoms with Gasteiger partial charge in [-0.15, -0.1) is 0 Å². The molecule has 0 heterocycles. The number of carboxylic acids is 1. The van der Waals surface area contributed by atoms with Gasteiger partial charge in [-0.2, -0.15) is 0 Å². The summed E-state index contributed by atoms with van der Waals surface area (Å²) in [5.74, 6) is -1.43. The molecule has 1 unspecified atom stereocenters. The van der Waals surface area contributed by atoms with Gasteiger partial charge in [0, 0.05) is 13.6 Å². The minimum Gasteiger partial charge on any atom is -0.481 e. The third-order valence-electron chi connectivity index (χ3n) is 4.42. The Kier molecular flexibility index (Phi) is 6.92. The zero-order valence-electron chi connectivity index (χ0n) is 15.5. The molecular formula is C21H26N2O3. The summed E-state index contributed by atoms with van der Waals surface area (Å²) in [4.78, 5) is 27.3. The maximum Gasteiger partial charge on any atom is 0.307 e. The number of aliphatic carboxylic acids is 1. The van der Waals surface area contributed by atoms with E-state index in [2.05, 4.69) is 0 Å². The van der Waals surface area contributed by atoms with E-state index >= 15 is 0 Å². The third-order valence-corrected chi connectivity index (χ3v) is 4.42. The average Bonchev–Trinajstić information content (AvgIpc) is 2.63. The topological polar surface area (TPSA) is 60.9 Å². The molecule has 1 atom stereocenters. The summed E-state index contributed by atoms with van der Waals surface area (Å²) < 4.78 is 0. The zero-order chi connectivity index (χ0) is 19.1. The number of carboxylic acid groups (broad SMARTS) is 1. The van der Waals surface area contributed by atoms with E-state index in [0.29, 0.717) is 6.54 Å². The molecule has 0 saturated heterocycles. The Labute approximate surface area is 154 Å². The number of likely N-dealkylation sites (N-methyl/N-ethyl adjacent to an activating group) is 2. The highest BCUT2D eigenvalue weighted by Crippen LogP contribution is 2.27. The molecule has 0 radical (unpaired) electrons. The van der Waals surface area contributed by atoms with Crippen LogP contribution >= 0.6 is 0 Å². The maximum atomic E-state index is 12.8. The molecule has 5 heteroatoms. The number of hydrogen-bond acceptors (Lipinski definition) is 3. The molecule has 2 aromatic rings. The molecule has 2 aromatic carbocycles. The predicted octanol–water partition coefficient (Wildman–Crippen LogP) is 2.89. The van der Waals surface area contributed by atoms with Crippen molar-refractivity contribution in [2.45, 2.75) is 13.0 Å². The second-order valence-electron chi connectivity index (χ2n) is 6.66. The molecule has 0 aliphatic heterocycles. The van der Waals surface area contributed by atoms with Gasteiger partial charge in [0.25, 0.3) is 0 Å². The van der Waals surface area contributed by atoms with Crippen molar-refractivity contribution >= 4 is 11.9 Å². The number of rotatable bonds is 8. The van der Waals surface area contributed by atoms with E-state index in [9.17, 15) is 9.59 Å². The first-order chi connectivity index (χ1) is 12.4. The van der Waals surface area contributed by atoms with Crippen molar-refractivity contribution in [3.63, 3.8) is 0 Å². The first kappa shape index (κ1) is 19.7. The standard InChI is InChI=1S/C21H26N2O3/c1-16(21(25)26)14-22(2)15-19(24)23(3)20(17-10-6-4-7-11-17)18-12-8-5-9-13-18/h4-13,16,20H,14-15H2,1-3H3,(H,25,26). The van der Waals surface area contributed by atoms with E-state index in [0.717, 1.165) is 11.1 Å². The lowest BCUT2D eigenvalue weighted by atomic mass is 9.97.